The molecule has 82 valence electrons. The van der Waals surface area contributed by atoms with Crippen LogP contribution in [-0.2, 0) is 4.79 Å². The molecule has 1 aromatic rings. The van der Waals surface area contributed by atoms with E-state index in [1.54, 1.807) is 0 Å². The van der Waals surface area contributed by atoms with E-state index in [1.807, 2.05) is 32.0 Å². The van der Waals surface area contributed by atoms with Crippen LogP contribution in [0.2, 0.25) is 0 Å². The van der Waals surface area contributed by atoms with Gasteiger partial charge in [-0.3, -0.25) is 4.79 Å². The van der Waals surface area contributed by atoms with Gasteiger partial charge in [-0.15, -0.1) is 0 Å². The van der Waals surface area contributed by atoms with Gasteiger partial charge in [0.1, 0.15) is 0 Å². The molecule has 0 spiro atoms. The van der Waals surface area contributed by atoms with E-state index in [-0.39, 0.29) is 5.91 Å². The lowest BCUT2D eigenvalue weighted by Gasteiger charge is -2.12. The number of benzene rings is 1. The van der Waals surface area contributed by atoms with Gasteiger partial charge >= 0.3 is 0 Å². The maximum atomic E-state index is 11.6. The summed E-state index contributed by atoms with van der Waals surface area (Å²) in [4.78, 5) is 11.6. The number of rotatable bonds is 3. The van der Waals surface area contributed by atoms with Crippen LogP contribution in [0.1, 0.15) is 18.9 Å². The third-order valence-electron chi connectivity index (χ3n) is 2.23. The summed E-state index contributed by atoms with van der Waals surface area (Å²) in [5.41, 5.74) is 7.47. The third kappa shape index (κ3) is 3.04. The first kappa shape index (κ1) is 12.2. The van der Waals surface area contributed by atoms with Crippen LogP contribution in [0.4, 0.5) is 5.69 Å². The Hall–Kier alpha value is -0.870. The lowest BCUT2D eigenvalue weighted by molar-refractivity contribution is -0.117. The monoisotopic (exact) mass is 270 g/mol. The summed E-state index contributed by atoms with van der Waals surface area (Å²) in [6.07, 6.45) is 0.634. The van der Waals surface area contributed by atoms with E-state index in [9.17, 15) is 4.79 Å². The van der Waals surface area contributed by atoms with Gasteiger partial charge in [-0.1, -0.05) is 19.1 Å². The molecule has 0 bridgehead atoms. The zero-order chi connectivity index (χ0) is 11.4. The number of nitrogens with one attached hydrogen (secondary N) is 1. The smallest absolute Gasteiger partial charge is 0.241 e. The molecular weight excluding hydrogens is 256 g/mol. The lowest BCUT2D eigenvalue weighted by atomic mass is 10.2. The molecule has 0 aliphatic carbocycles. The predicted octanol–water partition coefficient (Wildman–Crippen LogP) is 2.43. The van der Waals surface area contributed by atoms with E-state index in [0.717, 1.165) is 15.7 Å². The fraction of sp³-hybridized carbons (Fsp3) is 0.364. The van der Waals surface area contributed by atoms with Gasteiger partial charge in [0.05, 0.1) is 11.7 Å². The summed E-state index contributed by atoms with van der Waals surface area (Å²) in [6.45, 7) is 3.86. The van der Waals surface area contributed by atoms with E-state index in [1.165, 1.54) is 0 Å². The van der Waals surface area contributed by atoms with Crippen LogP contribution in [0, 0.1) is 6.92 Å². The van der Waals surface area contributed by atoms with Crippen molar-refractivity contribution in [2.75, 3.05) is 5.32 Å². The van der Waals surface area contributed by atoms with E-state index < -0.39 is 6.04 Å². The molecule has 0 aliphatic heterocycles. The fourth-order valence-corrected chi connectivity index (χ4v) is 1.52. The Morgan fingerprint density at radius 1 is 1.60 bits per heavy atom. The lowest BCUT2D eigenvalue weighted by Crippen LogP contribution is -2.34. The topological polar surface area (TPSA) is 55.1 Å². The largest absolute Gasteiger partial charge is 0.324 e. The first-order chi connectivity index (χ1) is 7.06. The second kappa shape index (κ2) is 5.28. The quantitative estimate of drug-likeness (QED) is 0.887. The van der Waals surface area contributed by atoms with Crippen molar-refractivity contribution in [3.05, 3.63) is 28.2 Å². The van der Waals surface area contributed by atoms with Gasteiger partial charge < -0.3 is 11.1 Å². The van der Waals surface area contributed by atoms with Gasteiger partial charge in [0.2, 0.25) is 5.91 Å². The molecule has 0 saturated heterocycles. The van der Waals surface area contributed by atoms with Gasteiger partial charge in [-0.05, 0) is 40.9 Å². The number of halogens is 1. The summed E-state index contributed by atoms with van der Waals surface area (Å²) in [5, 5.41) is 2.79. The van der Waals surface area contributed by atoms with Crippen molar-refractivity contribution in [3.63, 3.8) is 0 Å². The second-order valence-electron chi connectivity index (χ2n) is 3.44. The predicted molar refractivity (Wildman–Crippen MR) is 65.8 cm³/mol. The number of aryl methyl sites for hydroxylation is 1. The molecule has 0 unspecified atom stereocenters. The van der Waals surface area contributed by atoms with Crippen LogP contribution in [0.25, 0.3) is 0 Å². The molecule has 0 fully saturated rings. The summed E-state index contributed by atoms with van der Waals surface area (Å²) in [7, 11) is 0. The van der Waals surface area contributed by atoms with E-state index in [0.29, 0.717) is 6.42 Å². The third-order valence-corrected chi connectivity index (χ3v) is 3.28. The molecule has 1 rings (SSSR count). The molecule has 1 aromatic carbocycles. The SMILES string of the molecule is CC[C@H](N)C(=O)Nc1cccc(C)c1Br. The Morgan fingerprint density at radius 3 is 2.87 bits per heavy atom. The maximum Gasteiger partial charge on any atom is 0.241 e. The number of nitrogens with two attached hydrogens (primary N) is 1. The van der Waals surface area contributed by atoms with Crippen molar-refractivity contribution in [2.45, 2.75) is 26.3 Å². The normalized spacial score (nSPS) is 12.3. The number of hydrogen-bond donors (Lipinski definition) is 2. The molecule has 4 heteroatoms. The molecule has 0 aliphatic rings. The number of carbonyl (C=O) groups excluding carboxylic acids is 1. The van der Waals surface area contributed by atoms with Gasteiger partial charge in [0, 0.05) is 4.47 Å². The number of anilines is 1. The van der Waals surface area contributed by atoms with Crippen molar-refractivity contribution in [2.24, 2.45) is 5.73 Å². The Bertz CT molecular complexity index is 366. The first-order valence-corrected chi connectivity index (χ1v) is 5.67. The first-order valence-electron chi connectivity index (χ1n) is 4.87. The summed E-state index contributed by atoms with van der Waals surface area (Å²) in [5.74, 6) is -0.149. The number of hydrogen-bond acceptors (Lipinski definition) is 2. The highest BCUT2D eigenvalue weighted by Crippen LogP contribution is 2.25. The van der Waals surface area contributed by atoms with Crippen molar-refractivity contribution < 1.29 is 4.79 Å². The van der Waals surface area contributed by atoms with Gasteiger partial charge in [-0.2, -0.15) is 0 Å². The Balaban J connectivity index is 2.81. The highest BCUT2D eigenvalue weighted by Gasteiger charge is 2.12. The molecule has 0 heterocycles. The molecule has 15 heavy (non-hydrogen) atoms. The average Bonchev–Trinajstić information content (AvgIpc) is 2.23. The van der Waals surface area contributed by atoms with Crippen LogP contribution in [0.15, 0.2) is 22.7 Å². The minimum absolute atomic E-state index is 0.149. The van der Waals surface area contributed by atoms with Crippen LogP contribution >= 0.6 is 15.9 Å². The molecule has 3 nitrogen and oxygen atoms in total. The zero-order valence-corrected chi connectivity index (χ0v) is 10.5. The number of carbonyl (C=O) groups is 1. The second-order valence-corrected chi connectivity index (χ2v) is 4.23. The number of amides is 1. The molecule has 3 N–H and O–H groups in total. The molecule has 0 radical (unpaired) electrons. The van der Waals surface area contributed by atoms with Crippen LogP contribution in [-0.4, -0.2) is 11.9 Å². The van der Waals surface area contributed by atoms with Crippen molar-refractivity contribution in [3.8, 4) is 0 Å². The Morgan fingerprint density at radius 2 is 2.27 bits per heavy atom. The van der Waals surface area contributed by atoms with Gasteiger partial charge in [-0.25, -0.2) is 0 Å². The molecule has 1 atom stereocenters. The highest BCUT2D eigenvalue weighted by atomic mass is 79.9. The van der Waals surface area contributed by atoms with Gasteiger partial charge in [0.25, 0.3) is 0 Å². The molecule has 0 aromatic heterocycles. The summed E-state index contributed by atoms with van der Waals surface area (Å²) < 4.78 is 0.904. The van der Waals surface area contributed by atoms with E-state index in [2.05, 4.69) is 21.2 Å². The minimum Gasteiger partial charge on any atom is -0.324 e. The van der Waals surface area contributed by atoms with Crippen LogP contribution in [0.5, 0.6) is 0 Å². The van der Waals surface area contributed by atoms with Gasteiger partial charge in [0.15, 0.2) is 0 Å². The highest BCUT2D eigenvalue weighted by molar-refractivity contribution is 9.10. The Labute approximate surface area is 98.2 Å². The maximum absolute atomic E-state index is 11.6. The molecular formula is C11H15BrN2O. The summed E-state index contributed by atoms with van der Waals surface area (Å²) in [6, 6.07) is 5.27. The fourth-order valence-electron chi connectivity index (χ4n) is 1.15. The van der Waals surface area contributed by atoms with Crippen molar-refractivity contribution >= 4 is 27.5 Å². The zero-order valence-electron chi connectivity index (χ0n) is 8.88. The standard InChI is InChI=1S/C11H15BrN2O/c1-3-8(13)11(15)14-9-6-4-5-7(2)10(9)12/h4-6,8H,3,13H2,1-2H3,(H,14,15)/t8-/m0/s1. The minimum atomic E-state index is -0.447. The Kier molecular flexibility index (Phi) is 4.29. The van der Waals surface area contributed by atoms with Crippen molar-refractivity contribution in [1.29, 1.82) is 0 Å². The molecule has 0 saturated carbocycles. The van der Waals surface area contributed by atoms with Crippen molar-refractivity contribution in [1.82, 2.24) is 0 Å². The van der Waals surface area contributed by atoms with Crippen LogP contribution in [0.3, 0.4) is 0 Å². The van der Waals surface area contributed by atoms with Crippen LogP contribution < -0.4 is 11.1 Å². The average molecular weight is 271 g/mol. The molecule has 1 amide bonds. The van der Waals surface area contributed by atoms with E-state index in [4.69, 9.17) is 5.73 Å². The van der Waals surface area contributed by atoms with E-state index >= 15 is 0 Å². The summed E-state index contributed by atoms with van der Waals surface area (Å²) >= 11 is 3.42.